The van der Waals surface area contributed by atoms with Gasteiger partial charge >= 0.3 is 0 Å². The normalized spacial score (nSPS) is 17.5. The molecule has 1 heterocycles. The van der Waals surface area contributed by atoms with Gasteiger partial charge in [0.25, 0.3) is 0 Å². The fraction of sp³-hybridized carbons (Fsp3) is 0.933. The van der Waals surface area contributed by atoms with Crippen molar-refractivity contribution in [1.82, 2.24) is 15.1 Å². The summed E-state index contributed by atoms with van der Waals surface area (Å²) >= 11 is 0. The van der Waals surface area contributed by atoms with E-state index in [4.69, 9.17) is 4.74 Å². The van der Waals surface area contributed by atoms with Gasteiger partial charge in [-0.2, -0.15) is 0 Å². The van der Waals surface area contributed by atoms with E-state index in [0.29, 0.717) is 19.6 Å². The number of rotatable bonds is 7. The monoisotopic (exact) mass is 285 g/mol. The van der Waals surface area contributed by atoms with Crippen molar-refractivity contribution in [1.29, 1.82) is 0 Å². The quantitative estimate of drug-likeness (QED) is 0.707. The summed E-state index contributed by atoms with van der Waals surface area (Å²) in [6, 6.07) is 0. The predicted molar refractivity (Wildman–Crippen MR) is 81.9 cm³/mol. The minimum absolute atomic E-state index is 0.123. The third-order valence-electron chi connectivity index (χ3n) is 3.53. The van der Waals surface area contributed by atoms with Gasteiger partial charge in [-0.3, -0.25) is 4.79 Å². The highest BCUT2D eigenvalue weighted by Gasteiger charge is 2.19. The molecule has 0 aromatic carbocycles. The lowest BCUT2D eigenvalue weighted by Crippen LogP contribution is -2.48. The second kappa shape index (κ2) is 8.60. The zero-order chi connectivity index (χ0) is 15.0. The van der Waals surface area contributed by atoms with Crippen LogP contribution in [0.15, 0.2) is 0 Å². The molecule has 0 unspecified atom stereocenters. The summed E-state index contributed by atoms with van der Waals surface area (Å²) in [5, 5.41) is 3.36. The highest BCUT2D eigenvalue weighted by Crippen LogP contribution is 2.03. The summed E-state index contributed by atoms with van der Waals surface area (Å²) in [7, 11) is 0. The lowest BCUT2D eigenvalue weighted by Gasteiger charge is -2.34. The second-order valence-electron chi connectivity index (χ2n) is 6.35. The number of carbonyl (C=O) groups is 1. The number of nitrogens with zero attached hydrogens (tertiary/aromatic N) is 2. The Labute approximate surface area is 123 Å². The Balaban J connectivity index is 2.03. The molecule has 118 valence electrons. The van der Waals surface area contributed by atoms with Crippen molar-refractivity contribution >= 4 is 5.91 Å². The van der Waals surface area contributed by atoms with Gasteiger partial charge in [0.15, 0.2) is 0 Å². The number of carbonyl (C=O) groups excluding carboxylic acids is 1. The van der Waals surface area contributed by atoms with Gasteiger partial charge in [-0.15, -0.1) is 0 Å². The Morgan fingerprint density at radius 2 is 1.80 bits per heavy atom. The maximum Gasteiger partial charge on any atom is 0.224 e. The molecule has 1 aliphatic rings. The molecule has 1 saturated heterocycles. The summed E-state index contributed by atoms with van der Waals surface area (Å²) in [6.45, 7) is 15.4. The molecule has 1 N–H and O–H groups in total. The average molecular weight is 285 g/mol. The molecule has 0 aliphatic carbocycles. The van der Waals surface area contributed by atoms with E-state index in [2.05, 4.69) is 37.9 Å². The summed E-state index contributed by atoms with van der Waals surface area (Å²) in [5.74, 6) is 0.226. The van der Waals surface area contributed by atoms with Crippen LogP contribution in [0.3, 0.4) is 0 Å². The van der Waals surface area contributed by atoms with E-state index in [1.807, 2.05) is 4.90 Å². The van der Waals surface area contributed by atoms with Crippen LogP contribution in [0.25, 0.3) is 0 Å². The average Bonchev–Trinajstić information content (AvgIpc) is 2.41. The summed E-state index contributed by atoms with van der Waals surface area (Å²) in [6.07, 6.45) is 0.502. The van der Waals surface area contributed by atoms with Crippen molar-refractivity contribution in [3.63, 3.8) is 0 Å². The van der Waals surface area contributed by atoms with Crippen molar-refractivity contribution in [3.05, 3.63) is 0 Å². The minimum atomic E-state index is 0.123. The third-order valence-corrected chi connectivity index (χ3v) is 3.53. The van der Waals surface area contributed by atoms with Crippen LogP contribution in [0.4, 0.5) is 0 Å². The van der Waals surface area contributed by atoms with Crippen LogP contribution in [-0.4, -0.2) is 73.7 Å². The number of nitrogens with one attached hydrogen (secondary N) is 1. The van der Waals surface area contributed by atoms with Crippen molar-refractivity contribution in [2.45, 2.75) is 39.7 Å². The molecule has 0 bridgehead atoms. The van der Waals surface area contributed by atoms with Crippen LogP contribution < -0.4 is 5.32 Å². The van der Waals surface area contributed by atoms with E-state index in [1.54, 1.807) is 0 Å². The SMILES string of the molecule is CCN1CCN(C(=O)CCOCCNC(C)(C)C)CC1. The van der Waals surface area contributed by atoms with Crippen LogP contribution >= 0.6 is 0 Å². The van der Waals surface area contributed by atoms with E-state index in [-0.39, 0.29) is 11.4 Å². The molecule has 5 heteroatoms. The first-order chi connectivity index (χ1) is 9.42. The first-order valence-corrected chi connectivity index (χ1v) is 7.75. The van der Waals surface area contributed by atoms with Crippen molar-refractivity contribution in [2.24, 2.45) is 0 Å². The molecule has 1 amide bonds. The minimum Gasteiger partial charge on any atom is -0.380 e. The Morgan fingerprint density at radius 3 is 2.35 bits per heavy atom. The lowest BCUT2D eigenvalue weighted by atomic mass is 10.1. The van der Waals surface area contributed by atoms with Gasteiger partial charge in [0.1, 0.15) is 0 Å². The van der Waals surface area contributed by atoms with E-state index >= 15 is 0 Å². The van der Waals surface area contributed by atoms with Gasteiger partial charge < -0.3 is 19.9 Å². The fourth-order valence-electron chi connectivity index (χ4n) is 2.23. The number of likely N-dealkylation sites (N-methyl/N-ethyl adjacent to an activating group) is 1. The van der Waals surface area contributed by atoms with Crippen LogP contribution in [0.5, 0.6) is 0 Å². The Hall–Kier alpha value is -0.650. The first-order valence-electron chi connectivity index (χ1n) is 7.75. The van der Waals surface area contributed by atoms with Crippen molar-refractivity contribution in [2.75, 3.05) is 52.5 Å². The van der Waals surface area contributed by atoms with E-state index in [9.17, 15) is 4.79 Å². The molecular formula is C15H31N3O2. The summed E-state index contributed by atoms with van der Waals surface area (Å²) in [4.78, 5) is 16.3. The second-order valence-corrected chi connectivity index (χ2v) is 6.35. The zero-order valence-electron chi connectivity index (χ0n) is 13.6. The standard InChI is InChI=1S/C15H31N3O2/c1-5-17-8-10-18(11-9-17)14(19)6-12-20-13-7-16-15(2,3)4/h16H,5-13H2,1-4H3. The largest absolute Gasteiger partial charge is 0.380 e. The molecule has 0 atom stereocenters. The van der Waals surface area contributed by atoms with E-state index in [0.717, 1.165) is 39.3 Å². The molecule has 1 rings (SSSR count). The van der Waals surface area contributed by atoms with Crippen molar-refractivity contribution in [3.8, 4) is 0 Å². The van der Waals surface area contributed by atoms with E-state index in [1.165, 1.54) is 0 Å². The van der Waals surface area contributed by atoms with Crippen LogP contribution in [0.1, 0.15) is 34.1 Å². The molecule has 1 fully saturated rings. The maximum absolute atomic E-state index is 12.0. The van der Waals surface area contributed by atoms with Gasteiger partial charge in [-0.25, -0.2) is 0 Å². The lowest BCUT2D eigenvalue weighted by molar-refractivity contribution is -0.134. The molecule has 0 saturated carbocycles. The van der Waals surface area contributed by atoms with Crippen LogP contribution in [-0.2, 0) is 9.53 Å². The number of hydrogen-bond acceptors (Lipinski definition) is 4. The van der Waals surface area contributed by atoms with Gasteiger partial charge in [0.2, 0.25) is 5.91 Å². The fourth-order valence-corrected chi connectivity index (χ4v) is 2.23. The Bertz CT molecular complexity index is 281. The highest BCUT2D eigenvalue weighted by molar-refractivity contribution is 5.76. The highest BCUT2D eigenvalue weighted by atomic mass is 16.5. The Kier molecular flexibility index (Phi) is 7.48. The van der Waals surface area contributed by atoms with Gasteiger partial charge in [-0.05, 0) is 27.3 Å². The number of ether oxygens (including phenoxy) is 1. The maximum atomic E-state index is 12.0. The first kappa shape index (κ1) is 17.4. The molecule has 1 aliphatic heterocycles. The third kappa shape index (κ3) is 7.22. The van der Waals surface area contributed by atoms with Crippen molar-refractivity contribution < 1.29 is 9.53 Å². The van der Waals surface area contributed by atoms with Gasteiger partial charge in [-0.1, -0.05) is 6.92 Å². The molecule has 5 nitrogen and oxygen atoms in total. The zero-order valence-corrected chi connectivity index (χ0v) is 13.6. The summed E-state index contributed by atoms with van der Waals surface area (Å²) in [5.41, 5.74) is 0.123. The number of amides is 1. The molecule has 0 aromatic rings. The summed E-state index contributed by atoms with van der Waals surface area (Å²) < 4.78 is 5.51. The predicted octanol–water partition coefficient (Wildman–Crippen LogP) is 0.945. The Morgan fingerprint density at radius 1 is 1.15 bits per heavy atom. The smallest absolute Gasteiger partial charge is 0.224 e. The van der Waals surface area contributed by atoms with Gasteiger partial charge in [0.05, 0.1) is 19.6 Å². The topological polar surface area (TPSA) is 44.8 Å². The molecule has 0 radical (unpaired) electrons. The van der Waals surface area contributed by atoms with Crippen LogP contribution in [0.2, 0.25) is 0 Å². The van der Waals surface area contributed by atoms with Crippen LogP contribution in [0, 0.1) is 0 Å². The molecule has 20 heavy (non-hydrogen) atoms. The molecular weight excluding hydrogens is 254 g/mol. The number of hydrogen-bond donors (Lipinski definition) is 1. The van der Waals surface area contributed by atoms with E-state index < -0.39 is 0 Å². The molecule has 0 spiro atoms. The van der Waals surface area contributed by atoms with Gasteiger partial charge in [0, 0.05) is 38.3 Å². The molecule has 0 aromatic heterocycles. The number of piperazine rings is 1.